The number of fused-ring (bicyclic) bond motifs is 1. The zero-order valence-electron chi connectivity index (χ0n) is 18.4. The Bertz CT molecular complexity index is 792. The maximum atomic E-state index is 6.07. The number of ether oxygens (including phenoxy) is 2. The summed E-state index contributed by atoms with van der Waals surface area (Å²) in [4.78, 5) is 2.39. The van der Waals surface area contributed by atoms with E-state index in [1.54, 1.807) is 0 Å². The third-order valence-corrected chi connectivity index (χ3v) is 6.86. The molecule has 0 bridgehead atoms. The number of benzene rings is 1. The lowest BCUT2D eigenvalue weighted by Crippen LogP contribution is -2.58. The number of hydrogen-bond donors (Lipinski definition) is 3. The Morgan fingerprint density at radius 2 is 2.03 bits per heavy atom. The normalized spacial score (nSPS) is 30.1. The molecule has 6 heteroatoms. The van der Waals surface area contributed by atoms with E-state index in [0.29, 0.717) is 18.1 Å². The molecule has 3 atom stereocenters. The molecular weight excluding hydrogens is 376 g/mol. The van der Waals surface area contributed by atoms with Crippen molar-refractivity contribution in [3.63, 3.8) is 0 Å². The summed E-state index contributed by atoms with van der Waals surface area (Å²) >= 11 is 0. The molecule has 0 saturated carbocycles. The van der Waals surface area contributed by atoms with E-state index in [1.807, 2.05) is 0 Å². The SMILES string of the molecule is CC1CC(NC2COC2)CC(Nc2cc3c(c(C4=CCN(C)CCC4)c2)OCC3)N1. The molecule has 0 amide bonds. The zero-order valence-corrected chi connectivity index (χ0v) is 18.4. The van der Waals surface area contributed by atoms with Crippen LogP contribution in [0.3, 0.4) is 0 Å². The Kier molecular flexibility index (Phi) is 6.01. The van der Waals surface area contributed by atoms with E-state index >= 15 is 0 Å². The molecule has 1 aromatic rings. The van der Waals surface area contributed by atoms with E-state index in [2.05, 4.69) is 53.0 Å². The van der Waals surface area contributed by atoms with Crippen LogP contribution in [0.5, 0.6) is 5.75 Å². The van der Waals surface area contributed by atoms with Crippen molar-refractivity contribution in [3.05, 3.63) is 29.3 Å². The van der Waals surface area contributed by atoms with Gasteiger partial charge in [0.05, 0.1) is 32.0 Å². The van der Waals surface area contributed by atoms with Crippen molar-refractivity contribution in [1.29, 1.82) is 0 Å². The van der Waals surface area contributed by atoms with Crippen LogP contribution >= 0.6 is 0 Å². The Hall–Kier alpha value is -1.60. The van der Waals surface area contributed by atoms with Crippen LogP contribution in [0.25, 0.3) is 5.57 Å². The summed E-state index contributed by atoms with van der Waals surface area (Å²) in [6.07, 6.45) is 8.25. The summed E-state index contributed by atoms with van der Waals surface area (Å²) in [6.45, 7) is 6.97. The van der Waals surface area contributed by atoms with Gasteiger partial charge in [-0.3, -0.25) is 5.32 Å². The Morgan fingerprint density at radius 3 is 2.87 bits per heavy atom. The largest absolute Gasteiger partial charge is 0.492 e. The standard InChI is InChI=1S/C24H36N4O2/c1-16-10-19(26-21-14-29-15-21)13-23(25-16)27-20-11-18-6-9-30-24(18)22(12-20)17-4-3-7-28(2)8-5-17/h5,11-12,16,19,21,23,25-27H,3-4,6-10,13-15H2,1-2H3. The predicted octanol–water partition coefficient (Wildman–Crippen LogP) is 2.60. The van der Waals surface area contributed by atoms with E-state index in [0.717, 1.165) is 57.9 Å². The van der Waals surface area contributed by atoms with Gasteiger partial charge >= 0.3 is 0 Å². The molecule has 2 fully saturated rings. The van der Waals surface area contributed by atoms with Crippen molar-refractivity contribution in [2.75, 3.05) is 45.3 Å². The highest BCUT2D eigenvalue weighted by atomic mass is 16.5. The number of nitrogens with zero attached hydrogens (tertiary/aromatic N) is 1. The van der Waals surface area contributed by atoms with Crippen LogP contribution in [-0.2, 0) is 11.2 Å². The molecule has 2 saturated heterocycles. The fraction of sp³-hybridized carbons (Fsp3) is 0.667. The van der Waals surface area contributed by atoms with E-state index in [9.17, 15) is 0 Å². The van der Waals surface area contributed by atoms with Crippen LogP contribution in [0.15, 0.2) is 18.2 Å². The molecule has 0 spiro atoms. The first-order chi connectivity index (χ1) is 14.6. The van der Waals surface area contributed by atoms with Gasteiger partial charge in [-0.15, -0.1) is 0 Å². The summed E-state index contributed by atoms with van der Waals surface area (Å²) in [7, 11) is 2.20. The van der Waals surface area contributed by atoms with Gasteiger partial charge in [0, 0.05) is 41.9 Å². The molecule has 1 aromatic carbocycles. The van der Waals surface area contributed by atoms with E-state index in [1.165, 1.54) is 35.2 Å². The average molecular weight is 413 g/mol. The average Bonchev–Trinajstić information content (AvgIpc) is 3.04. The first-order valence-corrected chi connectivity index (χ1v) is 11.7. The molecule has 4 heterocycles. The van der Waals surface area contributed by atoms with Gasteiger partial charge in [-0.1, -0.05) is 6.08 Å². The maximum Gasteiger partial charge on any atom is 0.130 e. The number of anilines is 1. The van der Waals surface area contributed by atoms with Gasteiger partial charge in [0.2, 0.25) is 0 Å². The van der Waals surface area contributed by atoms with Gasteiger partial charge in [0.25, 0.3) is 0 Å². The highest BCUT2D eigenvalue weighted by Gasteiger charge is 2.30. The minimum atomic E-state index is 0.273. The summed E-state index contributed by atoms with van der Waals surface area (Å²) in [5.74, 6) is 1.12. The fourth-order valence-electron chi connectivity index (χ4n) is 5.26. The van der Waals surface area contributed by atoms with Crippen molar-refractivity contribution in [2.45, 2.75) is 63.3 Å². The monoisotopic (exact) mass is 412 g/mol. The summed E-state index contributed by atoms with van der Waals surface area (Å²) in [5, 5.41) is 11.3. The number of allylic oxidation sites excluding steroid dienone is 1. The summed E-state index contributed by atoms with van der Waals surface area (Å²) < 4.78 is 11.4. The lowest BCUT2D eigenvalue weighted by atomic mass is 9.95. The minimum absolute atomic E-state index is 0.273. The molecule has 0 aromatic heterocycles. The molecule has 5 rings (SSSR count). The van der Waals surface area contributed by atoms with Crippen molar-refractivity contribution < 1.29 is 9.47 Å². The quantitative estimate of drug-likeness (QED) is 0.691. The van der Waals surface area contributed by atoms with Gasteiger partial charge in [-0.25, -0.2) is 0 Å². The topological polar surface area (TPSA) is 57.8 Å². The van der Waals surface area contributed by atoms with E-state index < -0.39 is 0 Å². The Labute approximate surface area is 180 Å². The first-order valence-electron chi connectivity index (χ1n) is 11.7. The lowest BCUT2D eigenvalue weighted by Gasteiger charge is -2.39. The second-order valence-corrected chi connectivity index (χ2v) is 9.54. The van der Waals surface area contributed by atoms with Gasteiger partial charge < -0.3 is 25.0 Å². The van der Waals surface area contributed by atoms with Crippen LogP contribution in [0.2, 0.25) is 0 Å². The molecule has 4 aliphatic heterocycles. The van der Waals surface area contributed by atoms with E-state index in [-0.39, 0.29) is 6.17 Å². The predicted molar refractivity (Wildman–Crippen MR) is 121 cm³/mol. The minimum Gasteiger partial charge on any atom is -0.492 e. The molecule has 6 nitrogen and oxygen atoms in total. The molecule has 3 unspecified atom stereocenters. The van der Waals surface area contributed by atoms with Gasteiger partial charge in [0.1, 0.15) is 5.75 Å². The number of rotatable bonds is 5. The fourth-order valence-corrected chi connectivity index (χ4v) is 5.26. The second-order valence-electron chi connectivity index (χ2n) is 9.54. The molecule has 0 aliphatic carbocycles. The highest BCUT2D eigenvalue weighted by Crippen LogP contribution is 2.39. The Morgan fingerprint density at radius 1 is 1.13 bits per heavy atom. The number of piperidine rings is 1. The molecule has 30 heavy (non-hydrogen) atoms. The number of likely N-dealkylation sites (N-methyl/N-ethyl adjacent to an activating group) is 1. The summed E-state index contributed by atoms with van der Waals surface area (Å²) in [6, 6.07) is 6.19. The van der Waals surface area contributed by atoms with Crippen molar-refractivity contribution in [3.8, 4) is 5.75 Å². The van der Waals surface area contributed by atoms with Crippen LogP contribution in [-0.4, -0.2) is 69.1 Å². The molecule has 4 aliphatic rings. The van der Waals surface area contributed by atoms with Crippen LogP contribution in [0, 0.1) is 0 Å². The second kappa shape index (κ2) is 8.87. The highest BCUT2D eigenvalue weighted by molar-refractivity contribution is 5.76. The zero-order chi connectivity index (χ0) is 20.5. The number of hydrogen-bond acceptors (Lipinski definition) is 6. The van der Waals surface area contributed by atoms with Crippen LogP contribution in [0.1, 0.15) is 43.7 Å². The maximum absolute atomic E-state index is 6.07. The first kappa shape index (κ1) is 20.3. The van der Waals surface area contributed by atoms with Crippen molar-refractivity contribution in [1.82, 2.24) is 15.5 Å². The molecule has 3 N–H and O–H groups in total. The van der Waals surface area contributed by atoms with Crippen molar-refractivity contribution >= 4 is 11.3 Å². The molecule has 0 radical (unpaired) electrons. The van der Waals surface area contributed by atoms with E-state index in [4.69, 9.17) is 9.47 Å². The number of nitrogens with one attached hydrogen (secondary N) is 3. The van der Waals surface area contributed by atoms with Crippen LogP contribution in [0.4, 0.5) is 5.69 Å². The van der Waals surface area contributed by atoms with Crippen LogP contribution < -0.4 is 20.7 Å². The van der Waals surface area contributed by atoms with Gasteiger partial charge in [0.15, 0.2) is 0 Å². The van der Waals surface area contributed by atoms with Gasteiger partial charge in [-0.2, -0.15) is 0 Å². The lowest BCUT2D eigenvalue weighted by molar-refractivity contribution is -0.0130. The third-order valence-electron chi connectivity index (χ3n) is 6.86. The molecular formula is C24H36N4O2. The third kappa shape index (κ3) is 4.52. The molecule has 164 valence electrons. The van der Waals surface area contributed by atoms with Crippen molar-refractivity contribution in [2.24, 2.45) is 0 Å². The smallest absolute Gasteiger partial charge is 0.130 e. The van der Waals surface area contributed by atoms with Gasteiger partial charge in [-0.05, 0) is 63.9 Å². The summed E-state index contributed by atoms with van der Waals surface area (Å²) in [5.41, 5.74) is 5.30. The Balaban J connectivity index is 1.34.